The number of hydrogen-bond donors (Lipinski definition) is 2. The Balaban J connectivity index is 2.47. The van der Waals surface area contributed by atoms with Gasteiger partial charge in [0.25, 0.3) is 0 Å². The molecule has 4 nitrogen and oxygen atoms in total. The number of hydrogen-bond acceptors (Lipinski definition) is 3. The molecule has 1 unspecified atom stereocenters. The fourth-order valence-corrected chi connectivity index (χ4v) is 2.19. The lowest BCUT2D eigenvalue weighted by Gasteiger charge is -2.17. The number of nitrogens with two attached hydrogens (primary N) is 1. The maximum absolute atomic E-state index is 6.18. The lowest BCUT2D eigenvalue weighted by molar-refractivity contribution is 0.574. The van der Waals surface area contributed by atoms with Crippen LogP contribution < -0.4 is 11.3 Å². The van der Waals surface area contributed by atoms with Crippen molar-refractivity contribution < 1.29 is 0 Å². The van der Waals surface area contributed by atoms with E-state index in [0.29, 0.717) is 5.02 Å². The van der Waals surface area contributed by atoms with Crippen molar-refractivity contribution in [1.82, 2.24) is 15.2 Å². The monoisotopic (exact) mass is 250 g/mol. The Morgan fingerprint density at radius 3 is 2.65 bits per heavy atom. The second kappa shape index (κ2) is 4.87. The average molecular weight is 251 g/mol. The first-order valence-corrected chi connectivity index (χ1v) is 5.72. The number of nitrogens with zero attached hydrogens (tertiary/aromatic N) is 2. The van der Waals surface area contributed by atoms with E-state index in [4.69, 9.17) is 17.4 Å². The maximum Gasteiger partial charge on any atom is 0.0892 e. The number of benzene rings is 1. The van der Waals surface area contributed by atoms with Crippen LogP contribution in [0.15, 0.2) is 30.3 Å². The van der Waals surface area contributed by atoms with Crippen LogP contribution in [0.5, 0.6) is 0 Å². The van der Waals surface area contributed by atoms with E-state index in [-0.39, 0.29) is 6.04 Å². The van der Waals surface area contributed by atoms with Gasteiger partial charge in [-0.15, -0.1) is 0 Å². The molecule has 2 rings (SSSR count). The average Bonchev–Trinajstić information content (AvgIpc) is 2.62. The SMILES string of the molecule is Cc1cc(C(NN)c2ccccc2Cl)n(C)n1. The van der Waals surface area contributed by atoms with Gasteiger partial charge >= 0.3 is 0 Å². The molecule has 0 saturated carbocycles. The van der Waals surface area contributed by atoms with E-state index in [1.54, 1.807) is 0 Å². The van der Waals surface area contributed by atoms with Crippen molar-refractivity contribution in [2.45, 2.75) is 13.0 Å². The highest BCUT2D eigenvalue weighted by molar-refractivity contribution is 6.31. The van der Waals surface area contributed by atoms with Crippen molar-refractivity contribution in [2.24, 2.45) is 12.9 Å². The van der Waals surface area contributed by atoms with E-state index in [0.717, 1.165) is 17.0 Å². The third kappa shape index (κ3) is 2.34. The molecule has 0 radical (unpaired) electrons. The highest BCUT2D eigenvalue weighted by Crippen LogP contribution is 2.27. The van der Waals surface area contributed by atoms with Crippen molar-refractivity contribution in [1.29, 1.82) is 0 Å². The molecular weight excluding hydrogens is 236 g/mol. The third-order valence-corrected chi connectivity index (χ3v) is 3.06. The zero-order valence-corrected chi connectivity index (χ0v) is 10.6. The van der Waals surface area contributed by atoms with Gasteiger partial charge in [0.05, 0.1) is 17.4 Å². The second-order valence-corrected chi connectivity index (χ2v) is 4.36. The van der Waals surface area contributed by atoms with Gasteiger partial charge in [-0.25, -0.2) is 5.43 Å². The van der Waals surface area contributed by atoms with E-state index in [1.807, 2.05) is 49.0 Å². The molecule has 1 heterocycles. The summed E-state index contributed by atoms with van der Waals surface area (Å²) in [6, 6.07) is 9.48. The maximum atomic E-state index is 6.18. The summed E-state index contributed by atoms with van der Waals surface area (Å²) in [5.74, 6) is 5.63. The lowest BCUT2D eigenvalue weighted by Crippen LogP contribution is -2.30. The van der Waals surface area contributed by atoms with Gasteiger partial charge in [0.1, 0.15) is 0 Å². The van der Waals surface area contributed by atoms with Gasteiger partial charge in [0, 0.05) is 12.1 Å². The Hall–Kier alpha value is -1.36. The first kappa shape index (κ1) is 12.1. The van der Waals surface area contributed by atoms with Crippen LogP contribution in [0.1, 0.15) is 23.0 Å². The molecule has 0 spiro atoms. The van der Waals surface area contributed by atoms with E-state index in [9.17, 15) is 0 Å². The summed E-state index contributed by atoms with van der Waals surface area (Å²) in [5.41, 5.74) is 5.67. The molecule has 2 aromatic rings. The Bertz CT molecular complexity index is 521. The lowest BCUT2D eigenvalue weighted by atomic mass is 10.0. The molecule has 0 aliphatic rings. The molecule has 1 aromatic heterocycles. The summed E-state index contributed by atoms with van der Waals surface area (Å²) in [5, 5.41) is 5.00. The molecule has 0 saturated heterocycles. The van der Waals surface area contributed by atoms with Crippen LogP contribution in [0.4, 0.5) is 0 Å². The Morgan fingerprint density at radius 1 is 1.41 bits per heavy atom. The van der Waals surface area contributed by atoms with Crippen LogP contribution in [-0.4, -0.2) is 9.78 Å². The minimum atomic E-state index is -0.158. The molecule has 0 aliphatic carbocycles. The van der Waals surface area contributed by atoms with Crippen LogP contribution in [-0.2, 0) is 7.05 Å². The topological polar surface area (TPSA) is 55.9 Å². The van der Waals surface area contributed by atoms with Gasteiger partial charge in [-0.3, -0.25) is 10.5 Å². The summed E-state index contributed by atoms with van der Waals surface area (Å²) < 4.78 is 1.81. The van der Waals surface area contributed by atoms with Crippen LogP contribution >= 0.6 is 11.6 Å². The van der Waals surface area contributed by atoms with E-state index in [1.165, 1.54) is 0 Å². The van der Waals surface area contributed by atoms with Gasteiger partial charge < -0.3 is 0 Å². The molecule has 90 valence electrons. The Labute approximate surface area is 105 Å². The van der Waals surface area contributed by atoms with E-state index >= 15 is 0 Å². The van der Waals surface area contributed by atoms with Crippen LogP contribution in [0.25, 0.3) is 0 Å². The quantitative estimate of drug-likeness (QED) is 0.647. The molecule has 0 bridgehead atoms. The molecule has 0 aliphatic heterocycles. The Morgan fingerprint density at radius 2 is 2.12 bits per heavy atom. The first-order valence-electron chi connectivity index (χ1n) is 5.34. The molecule has 1 aromatic carbocycles. The van der Waals surface area contributed by atoms with Crippen molar-refractivity contribution >= 4 is 11.6 Å². The van der Waals surface area contributed by atoms with Gasteiger partial charge in [-0.2, -0.15) is 5.10 Å². The van der Waals surface area contributed by atoms with Gasteiger partial charge in [0.15, 0.2) is 0 Å². The summed E-state index contributed by atoms with van der Waals surface area (Å²) in [4.78, 5) is 0. The normalized spacial score (nSPS) is 12.7. The van der Waals surface area contributed by atoms with Gasteiger partial charge in [-0.1, -0.05) is 29.8 Å². The first-order chi connectivity index (χ1) is 8.13. The molecule has 5 heteroatoms. The standard InChI is InChI=1S/C12H15ClN4/c1-8-7-11(17(2)16-8)12(15-14)9-5-3-4-6-10(9)13/h3-7,12,15H,14H2,1-2H3. The van der Waals surface area contributed by atoms with E-state index in [2.05, 4.69) is 10.5 Å². The van der Waals surface area contributed by atoms with Crippen molar-refractivity contribution in [3.05, 3.63) is 52.3 Å². The summed E-state index contributed by atoms with van der Waals surface area (Å²) in [6.07, 6.45) is 0. The molecule has 0 fully saturated rings. The fourth-order valence-electron chi connectivity index (χ4n) is 1.94. The Kier molecular flexibility index (Phi) is 3.47. The van der Waals surface area contributed by atoms with Gasteiger partial charge in [0.2, 0.25) is 0 Å². The predicted octanol–water partition coefficient (Wildman–Crippen LogP) is 1.93. The number of aryl methyl sites for hydroxylation is 2. The molecule has 1 atom stereocenters. The van der Waals surface area contributed by atoms with Gasteiger partial charge in [-0.05, 0) is 24.6 Å². The fraction of sp³-hybridized carbons (Fsp3) is 0.250. The number of halogens is 1. The minimum Gasteiger partial charge on any atom is -0.271 e. The largest absolute Gasteiger partial charge is 0.271 e. The number of rotatable bonds is 3. The smallest absolute Gasteiger partial charge is 0.0892 e. The van der Waals surface area contributed by atoms with Crippen LogP contribution in [0, 0.1) is 6.92 Å². The summed E-state index contributed by atoms with van der Waals surface area (Å²) in [7, 11) is 1.89. The zero-order chi connectivity index (χ0) is 12.4. The highest BCUT2D eigenvalue weighted by Gasteiger charge is 2.18. The molecule has 3 N–H and O–H groups in total. The van der Waals surface area contributed by atoms with Crippen LogP contribution in [0.3, 0.4) is 0 Å². The minimum absolute atomic E-state index is 0.158. The third-order valence-electron chi connectivity index (χ3n) is 2.72. The number of nitrogens with one attached hydrogen (secondary N) is 1. The summed E-state index contributed by atoms with van der Waals surface area (Å²) >= 11 is 6.18. The zero-order valence-electron chi connectivity index (χ0n) is 9.81. The van der Waals surface area contributed by atoms with Crippen molar-refractivity contribution in [2.75, 3.05) is 0 Å². The molecule has 17 heavy (non-hydrogen) atoms. The number of hydrazine groups is 1. The summed E-state index contributed by atoms with van der Waals surface area (Å²) in [6.45, 7) is 1.95. The highest BCUT2D eigenvalue weighted by atomic mass is 35.5. The van der Waals surface area contributed by atoms with Crippen molar-refractivity contribution in [3.63, 3.8) is 0 Å². The van der Waals surface area contributed by atoms with Crippen molar-refractivity contribution in [3.8, 4) is 0 Å². The van der Waals surface area contributed by atoms with Crippen LogP contribution in [0.2, 0.25) is 5.02 Å². The van der Waals surface area contributed by atoms with E-state index < -0.39 is 0 Å². The molecule has 0 amide bonds. The predicted molar refractivity (Wildman–Crippen MR) is 68.6 cm³/mol. The number of aromatic nitrogens is 2. The molecular formula is C12H15ClN4. The second-order valence-electron chi connectivity index (χ2n) is 3.96.